The van der Waals surface area contributed by atoms with Gasteiger partial charge in [0.1, 0.15) is 11.8 Å². The van der Waals surface area contributed by atoms with Crippen molar-refractivity contribution >= 4 is 23.2 Å². The van der Waals surface area contributed by atoms with Gasteiger partial charge < -0.3 is 9.05 Å². The summed E-state index contributed by atoms with van der Waals surface area (Å²) < 4.78 is 9.42. The molecule has 0 atom stereocenters. The van der Waals surface area contributed by atoms with Crippen molar-refractivity contribution in [3.63, 3.8) is 0 Å². The fourth-order valence-corrected chi connectivity index (χ4v) is 1.19. The summed E-state index contributed by atoms with van der Waals surface area (Å²) in [5.74, 6) is 3.01. The van der Waals surface area contributed by atoms with Crippen LogP contribution in [0.25, 0.3) is 0 Å². The molecule has 0 saturated carbocycles. The molecule has 0 bridgehead atoms. The Morgan fingerprint density at radius 1 is 0.833 bits per heavy atom. The lowest BCUT2D eigenvalue weighted by Gasteiger charge is -1.76. The number of alkyl halides is 2. The van der Waals surface area contributed by atoms with Gasteiger partial charge in [-0.2, -0.15) is 9.97 Å². The number of hydrogen-bond donors (Lipinski definition) is 0. The highest BCUT2D eigenvalue weighted by Gasteiger charge is 2.00. The highest BCUT2D eigenvalue weighted by Crippen LogP contribution is 2.00. The van der Waals surface area contributed by atoms with Gasteiger partial charge in [0.05, 0.1) is 0 Å². The molecule has 2 heterocycles. The Hall–Kier alpha value is -1.14. The van der Waals surface area contributed by atoms with Gasteiger partial charge in [0, 0.05) is 12.8 Å². The van der Waals surface area contributed by atoms with Crippen LogP contribution >= 0.6 is 23.2 Å². The summed E-state index contributed by atoms with van der Waals surface area (Å²) >= 11 is 10.8. The topological polar surface area (TPSA) is 77.8 Å². The minimum absolute atomic E-state index is 0.299. The van der Waals surface area contributed by atoms with E-state index in [4.69, 9.17) is 32.2 Å². The van der Waals surface area contributed by atoms with Crippen LogP contribution in [0.15, 0.2) is 9.05 Å². The molecule has 0 saturated heterocycles. The Labute approximate surface area is 115 Å². The second kappa shape index (κ2) is 8.05. The third-order valence-electron chi connectivity index (χ3n) is 1.88. The van der Waals surface area contributed by atoms with E-state index in [-0.39, 0.29) is 0 Å². The van der Waals surface area contributed by atoms with Crippen molar-refractivity contribution in [3.05, 3.63) is 23.4 Å². The molecule has 0 aliphatic rings. The standard InChI is InChI=1S/2C5H7ClN2O/c2*1-2-4-7-5(3-6)9-8-4/h2*2-3H2,1H3. The summed E-state index contributed by atoms with van der Waals surface area (Å²) in [6.07, 6.45) is 1.58. The van der Waals surface area contributed by atoms with E-state index >= 15 is 0 Å². The number of rotatable bonds is 4. The van der Waals surface area contributed by atoms with Crippen LogP contribution in [0, 0.1) is 0 Å². The Bertz CT molecular complexity index is 379. The zero-order valence-electron chi connectivity index (χ0n) is 10.2. The molecule has 18 heavy (non-hydrogen) atoms. The predicted octanol–water partition coefficient (Wildman–Crippen LogP) is 2.74. The average Bonchev–Trinajstić information content (AvgIpc) is 3.07. The monoisotopic (exact) mass is 292 g/mol. The Morgan fingerprint density at radius 3 is 1.39 bits per heavy atom. The molecule has 100 valence electrons. The number of hydrogen-bond acceptors (Lipinski definition) is 6. The van der Waals surface area contributed by atoms with E-state index in [1.54, 1.807) is 0 Å². The molecule has 0 radical (unpaired) electrons. The van der Waals surface area contributed by atoms with Crippen LogP contribution in [0.1, 0.15) is 37.3 Å². The Kier molecular flexibility index (Phi) is 6.67. The van der Waals surface area contributed by atoms with Gasteiger partial charge >= 0.3 is 0 Å². The molecule has 2 aromatic heterocycles. The van der Waals surface area contributed by atoms with Gasteiger partial charge in [0.15, 0.2) is 11.6 Å². The third kappa shape index (κ3) is 4.62. The molecule has 0 unspecified atom stereocenters. The molecule has 8 heteroatoms. The molecule has 6 nitrogen and oxygen atoms in total. The molecule has 0 aliphatic carbocycles. The smallest absolute Gasteiger partial charge is 0.241 e. The first-order valence-corrected chi connectivity index (χ1v) is 6.55. The van der Waals surface area contributed by atoms with Crippen molar-refractivity contribution in [2.45, 2.75) is 38.4 Å². The second-order valence-electron chi connectivity index (χ2n) is 3.18. The van der Waals surface area contributed by atoms with Gasteiger partial charge in [-0.25, -0.2) is 0 Å². The van der Waals surface area contributed by atoms with E-state index < -0.39 is 0 Å². The van der Waals surface area contributed by atoms with E-state index in [1.165, 1.54) is 0 Å². The third-order valence-corrected chi connectivity index (χ3v) is 2.34. The first-order chi connectivity index (χ1) is 8.73. The van der Waals surface area contributed by atoms with Crippen molar-refractivity contribution in [3.8, 4) is 0 Å². The number of nitrogens with zero attached hydrogens (tertiary/aromatic N) is 4. The lowest BCUT2D eigenvalue weighted by molar-refractivity contribution is 0.384. The summed E-state index contributed by atoms with van der Waals surface area (Å²) in [5.41, 5.74) is 0. The maximum absolute atomic E-state index is 5.40. The van der Waals surface area contributed by atoms with Crippen molar-refractivity contribution in [1.82, 2.24) is 20.3 Å². The fourth-order valence-electron chi connectivity index (χ4n) is 0.976. The maximum Gasteiger partial charge on any atom is 0.241 e. The molecule has 0 spiro atoms. The molecule has 2 rings (SSSR count). The molecule has 0 fully saturated rings. The van der Waals surface area contributed by atoms with Crippen molar-refractivity contribution in [2.75, 3.05) is 0 Å². The summed E-state index contributed by atoms with van der Waals surface area (Å²) in [5, 5.41) is 7.27. The van der Waals surface area contributed by atoms with Gasteiger partial charge in [0.2, 0.25) is 11.8 Å². The highest BCUT2D eigenvalue weighted by molar-refractivity contribution is 6.16. The maximum atomic E-state index is 5.40. The molecular weight excluding hydrogens is 279 g/mol. The van der Waals surface area contributed by atoms with Gasteiger partial charge in [-0.3, -0.25) is 0 Å². The first kappa shape index (κ1) is 14.9. The quantitative estimate of drug-likeness (QED) is 0.806. The van der Waals surface area contributed by atoms with Crippen LogP contribution in [-0.4, -0.2) is 20.3 Å². The van der Waals surface area contributed by atoms with Gasteiger partial charge in [0.25, 0.3) is 0 Å². The molecule has 2 aromatic rings. The van der Waals surface area contributed by atoms with E-state index in [0.29, 0.717) is 35.2 Å². The molecule has 0 N–H and O–H groups in total. The first-order valence-electron chi connectivity index (χ1n) is 5.48. The summed E-state index contributed by atoms with van der Waals surface area (Å²) in [7, 11) is 0. The largest absolute Gasteiger partial charge is 0.338 e. The Balaban J connectivity index is 0.000000180. The van der Waals surface area contributed by atoms with Crippen molar-refractivity contribution in [2.24, 2.45) is 0 Å². The van der Waals surface area contributed by atoms with Gasteiger partial charge in [-0.05, 0) is 0 Å². The van der Waals surface area contributed by atoms with Crippen molar-refractivity contribution < 1.29 is 9.05 Å². The molecular formula is C10H14Cl2N4O2. The highest BCUT2D eigenvalue weighted by atomic mass is 35.5. The van der Waals surface area contributed by atoms with Crippen LogP contribution in [-0.2, 0) is 24.6 Å². The summed E-state index contributed by atoms with van der Waals surface area (Å²) in [6, 6.07) is 0. The van der Waals surface area contributed by atoms with E-state index in [2.05, 4.69) is 20.3 Å². The second-order valence-corrected chi connectivity index (χ2v) is 3.72. The van der Waals surface area contributed by atoms with Crippen LogP contribution in [0.3, 0.4) is 0 Å². The van der Waals surface area contributed by atoms with E-state index in [9.17, 15) is 0 Å². The van der Waals surface area contributed by atoms with Crippen LogP contribution in [0.5, 0.6) is 0 Å². The minimum atomic E-state index is 0.299. The van der Waals surface area contributed by atoms with Crippen LogP contribution in [0.2, 0.25) is 0 Å². The van der Waals surface area contributed by atoms with E-state index in [0.717, 1.165) is 12.8 Å². The fraction of sp³-hybridized carbons (Fsp3) is 0.600. The molecule has 0 aliphatic heterocycles. The van der Waals surface area contributed by atoms with Crippen LogP contribution < -0.4 is 0 Å². The Morgan fingerprint density at radius 2 is 1.22 bits per heavy atom. The normalized spacial score (nSPS) is 10.0. The average molecular weight is 293 g/mol. The SMILES string of the molecule is CCc1noc(CCl)n1.CCc1noc(CCl)n1. The zero-order valence-corrected chi connectivity index (χ0v) is 11.7. The summed E-state index contributed by atoms with van der Waals surface area (Å²) in [6.45, 7) is 3.92. The molecule has 0 amide bonds. The van der Waals surface area contributed by atoms with Gasteiger partial charge in [-0.15, -0.1) is 23.2 Å². The lowest BCUT2D eigenvalue weighted by Crippen LogP contribution is -1.81. The van der Waals surface area contributed by atoms with Gasteiger partial charge in [-0.1, -0.05) is 24.2 Å². The number of aryl methyl sites for hydroxylation is 2. The summed E-state index contributed by atoms with van der Waals surface area (Å²) in [4.78, 5) is 7.88. The van der Waals surface area contributed by atoms with E-state index in [1.807, 2.05) is 13.8 Å². The zero-order chi connectivity index (χ0) is 13.4. The van der Waals surface area contributed by atoms with Crippen LogP contribution in [0.4, 0.5) is 0 Å². The predicted molar refractivity (Wildman–Crippen MR) is 66.5 cm³/mol. The lowest BCUT2D eigenvalue weighted by atomic mass is 10.5. The minimum Gasteiger partial charge on any atom is -0.338 e. The number of aromatic nitrogens is 4. The molecule has 0 aromatic carbocycles. The number of halogens is 2. The van der Waals surface area contributed by atoms with Crippen molar-refractivity contribution in [1.29, 1.82) is 0 Å².